The average molecular weight is 182 g/mol. The highest BCUT2D eigenvalue weighted by atomic mass is 16.1. The smallest absolute Gasteiger partial charge is 0.134 e. The lowest BCUT2D eigenvalue weighted by Crippen LogP contribution is -2.36. The first-order valence-electron chi connectivity index (χ1n) is 5.33. The summed E-state index contributed by atoms with van der Waals surface area (Å²) in [4.78, 5) is 13.6. The van der Waals surface area contributed by atoms with Crippen molar-refractivity contribution < 1.29 is 4.79 Å². The number of hydrogen-bond acceptors (Lipinski definition) is 3. The fourth-order valence-electron chi connectivity index (χ4n) is 2.34. The van der Waals surface area contributed by atoms with Crippen LogP contribution in [0.4, 0.5) is 0 Å². The van der Waals surface area contributed by atoms with Gasteiger partial charge in [-0.2, -0.15) is 0 Å². The van der Waals surface area contributed by atoms with Crippen molar-refractivity contribution in [1.29, 1.82) is 0 Å². The number of carbonyl (C=O) groups excluding carboxylic acids is 1. The van der Waals surface area contributed by atoms with E-state index >= 15 is 0 Å². The summed E-state index contributed by atoms with van der Waals surface area (Å²) in [6, 6.07) is 0.562. The zero-order valence-corrected chi connectivity index (χ0v) is 8.09. The van der Waals surface area contributed by atoms with Gasteiger partial charge < -0.3 is 5.32 Å². The van der Waals surface area contributed by atoms with Gasteiger partial charge in [0.15, 0.2) is 0 Å². The third kappa shape index (κ3) is 2.29. The lowest BCUT2D eigenvalue weighted by molar-refractivity contribution is -0.117. The predicted octanol–water partition coefficient (Wildman–Crippen LogP) is 0.403. The Kier molecular flexibility index (Phi) is 2.96. The van der Waals surface area contributed by atoms with E-state index in [9.17, 15) is 4.79 Å². The summed E-state index contributed by atoms with van der Waals surface area (Å²) >= 11 is 0. The molecule has 1 heterocycles. The number of carbonyl (C=O) groups is 1. The monoisotopic (exact) mass is 182 g/mol. The number of nitrogens with one attached hydrogen (secondary N) is 1. The standard InChI is InChI=1S/C10H18N2O/c13-10-3-2-9(8-10)12-6-1-4-11-5-7-12/h9,11H,1-8H2. The molecule has 0 aromatic heterocycles. The number of Topliss-reactive ketones (excluding diaryl/α,β-unsaturated/α-hetero) is 1. The van der Waals surface area contributed by atoms with Crippen LogP contribution >= 0.6 is 0 Å². The van der Waals surface area contributed by atoms with Crippen LogP contribution in [0.2, 0.25) is 0 Å². The molecule has 1 saturated heterocycles. The van der Waals surface area contributed by atoms with Crippen LogP contribution in [0, 0.1) is 0 Å². The molecule has 13 heavy (non-hydrogen) atoms. The van der Waals surface area contributed by atoms with Crippen LogP contribution < -0.4 is 5.32 Å². The number of rotatable bonds is 1. The minimum Gasteiger partial charge on any atom is -0.315 e. The minimum atomic E-state index is 0.460. The zero-order chi connectivity index (χ0) is 9.10. The molecule has 3 heteroatoms. The van der Waals surface area contributed by atoms with E-state index in [4.69, 9.17) is 0 Å². The summed E-state index contributed by atoms with van der Waals surface area (Å²) in [6.45, 7) is 4.52. The summed E-state index contributed by atoms with van der Waals surface area (Å²) in [7, 11) is 0. The fraction of sp³-hybridized carbons (Fsp3) is 0.900. The van der Waals surface area contributed by atoms with E-state index < -0.39 is 0 Å². The molecule has 0 bridgehead atoms. The maximum atomic E-state index is 11.1. The Morgan fingerprint density at radius 3 is 3.00 bits per heavy atom. The highest BCUT2D eigenvalue weighted by Gasteiger charge is 2.27. The zero-order valence-electron chi connectivity index (χ0n) is 8.09. The van der Waals surface area contributed by atoms with Crippen molar-refractivity contribution in [2.75, 3.05) is 26.2 Å². The van der Waals surface area contributed by atoms with Crippen LogP contribution in [-0.4, -0.2) is 42.9 Å². The molecular formula is C10H18N2O. The van der Waals surface area contributed by atoms with Crippen molar-refractivity contribution in [2.45, 2.75) is 31.7 Å². The maximum Gasteiger partial charge on any atom is 0.134 e. The number of ketones is 1. The molecule has 0 aromatic carbocycles. The summed E-state index contributed by atoms with van der Waals surface area (Å²) in [5.74, 6) is 0.460. The van der Waals surface area contributed by atoms with Crippen LogP contribution in [-0.2, 0) is 4.79 Å². The molecule has 3 nitrogen and oxygen atoms in total. The van der Waals surface area contributed by atoms with E-state index in [0.717, 1.165) is 38.9 Å². The summed E-state index contributed by atoms with van der Waals surface area (Å²) in [6.07, 6.45) is 3.94. The van der Waals surface area contributed by atoms with Gasteiger partial charge in [-0.05, 0) is 25.9 Å². The van der Waals surface area contributed by atoms with Gasteiger partial charge in [-0.1, -0.05) is 0 Å². The van der Waals surface area contributed by atoms with Crippen molar-refractivity contribution in [3.8, 4) is 0 Å². The second-order valence-electron chi connectivity index (χ2n) is 4.07. The van der Waals surface area contributed by atoms with Gasteiger partial charge in [-0.15, -0.1) is 0 Å². The summed E-state index contributed by atoms with van der Waals surface area (Å²) in [5, 5.41) is 3.39. The van der Waals surface area contributed by atoms with Gasteiger partial charge in [0, 0.05) is 32.0 Å². The Morgan fingerprint density at radius 2 is 2.23 bits per heavy atom. The second-order valence-corrected chi connectivity index (χ2v) is 4.07. The first kappa shape index (κ1) is 9.16. The fourth-order valence-corrected chi connectivity index (χ4v) is 2.34. The molecule has 1 aliphatic carbocycles. The highest BCUT2D eigenvalue weighted by molar-refractivity contribution is 5.81. The molecule has 0 radical (unpaired) electrons. The quantitative estimate of drug-likeness (QED) is 0.637. The van der Waals surface area contributed by atoms with Gasteiger partial charge >= 0.3 is 0 Å². The van der Waals surface area contributed by atoms with Gasteiger partial charge in [0.1, 0.15) is 5.78 Å². The average Bonchev–Trinajstić information content (AvgIpc) is 2.43. The van der Waals surface area contributed by atoms with Gasteiger partial charge in [-0.3, -0.25) is 9.69 Å². The topological polar surface area (TPSA) is 32.3 Å². The summed E-state index contributed by atoms with van der Waals surface area (Å²) < 4.78 is 0. The second kappa shape index (κ2) is 4.20. The molecule has 1 atom stereocenters. The lowest BCUT2D eigenvalue weighted by atomic mass is 10.2. The molecule has 2 fully saturated rings. The van der Waals surface area contributed by atoms with Crippen molar-refractivity contribution in [1.82, 2.24) is 10.2 Å². The molecule has 1 N–H and O–H groups in total. The SMILES string of the molecule is O=C1CCC(N2CCCNCC2)C1. The molecule has 1 saturated carbocycles. The van der Waals surface area contributed by atoms with E-state index in [0.29, 0.717) is 11.8 Å². The molecule has 1 unspecified atom stereocenters. The predicted molar refractivity (Wildman–Crippen MR) is 51.7 cm³/mol. The third-order valence-electron chi connectivity index (χ3n) is 3.11. The first-order valence-corrected chi connectivity index (χ1v) is 5.33. The summed E-state index contributed by atoms with van der Waals surface area (Å²) in [5.41, 5.74) is 0. The van der Waals surface area contributed by atoms with E-state index in [1.54, 1.807) is 0 Å². The van der Waals surface area contributed by atoms with E-state index in [1.807, 2.05) is 0 Å². The van der Waals surface area contributed by atoms with Crippen LogP contribution in [0.25, 0.3) is 0 Å². The highest BCUT2D eigenvalue weighted by Crippen LogP contribution is 2.20. The van der Waals surface area contributed by atoms with Crippen molar-refractivity contribution in [3.05, 3.63) is 0 Å². The van der Waals surface area contributed by atoms with Crippen LogP contribution in [0.1, 0.15) is 25.7 Å². The number of nitrogens with zero attached hydrogens (tertiary/aromatic N) is 1. The molecule has 1 aliphatic heterocycles. The van der Waals surface area contributed by atoms with Gasteiger partial charge in [0.05, 0.1) is 0 Å². The van der Waals surface area contributed by atoms with Crippen molar-refractivity contribution in [3.63, 3.8) is 0 Å². The van der Waals surface area contributed by atoms with Crippen molar-refractivity contribution >= 4 is 5.78 Å². The van der Waals surface area contributed by atoms with Crippen LogP contribution in [0.5, 0.6) is 0 Å². The number of hydrogen-bond donors (Lipinski definition) is 1. The molecule has 0 spiro atoms. The lowest BCUT2D eigenvalue weighted by Gasteiger charge is -2.25. The molecule has 0 amide bonds. The van der Waals surface area contributed by atoms with Crippen LogP contribution in [0.3, 0.4) is 0 Å². The van der Waals surface area contributed by atoms with Gasteiger partial charge in [0.25, 0.3) is 0 Å². The molecular weight excluding hydrogens is 164 g/mol. The Hall–Kier alpha value is -0.410. The largest absolute Gasteiger partial charge is 0.315 e. The molecule has 0 aromatic rings. The van der Waals surface area contributed by atoms with Crippen LogP contribution in [0.15, 0.2) is 0 Å². The Labute approximate surface area is 79.5 Å². The van der Waals surface area contributed by atoms with E-state index in [2.05, 4.69) is 10.2 Å². The Morgan fingerprint density at radius 1 is 1.31 bits per heavy atom. The third-order valence-corrected chi connectivity index (χ3v) is 3.11. The van der Waals surface area contributed by atoms with Gasteiger partial charge in [0.2, 0.25) is 0 Å². The van der Waals surface area contributed by atoms with E-state index in [-0.39, 0.29) is 0 Å². The maximum absolute atomic E-state index is 11.1. The molecule has 2 aliphatic rings. The van der Waals surface area contributed by atoms with E-state index in [1.165, 1.54) is 13.0 Å². The van der Waals surface area contributed by atoms with Crippen molar-refractivity contribution in [2.24, 2.45) is 0 Å². The molecule has 74 valence electrons. The molecule has 2 rings (SSSR count). The first-order chi connectivity index (χ1) is 6.36. The Bertz CT molecular complexity index is 185. The van der Waals surface area contributed by atoms with Gasteiger partial charge in [-0.25, -0.2) is 0 Å². The Balaban J connectivity index is 1.87. The normalized spacial score (nSPS) is 32.0. The minimum absolute atomic E-state index is 0.460.